The minimum Gasteiger partial charge on any atom is -0.481 e. The van der Waals surface area contributed by atoms with Crippen LogP contribution < -0.4 is 0 Å². The number of halogens is 1. The quantitative estimate of drug-likeness (QED) is 0.647. The van der Waals surface area contributed by atoms with E-state index in [2.05, 4.69) is 22.6 Å². The Balaban J connectivity index is 1.89. The number of carbonyl (C=O) groups excluding carboxylic acids is 1. The number of rotatable bonds is 4. The van der Waals surface area contributed by atoms with Crippen LogP contribution in [0.15, 0.2) is 24.3 Å². The Kier molecular flexibility index (Phi) is 4.96. The summed E-state index contributed by atoms with van der Waals surface area (Å²) in [6.07, 6.45) is 3.67. The van der Waals surface area contributed by atoms with Gasteiger partial charge in [-0.25, -0.2) is 0 Å². The first-order valence-corrected chi connectivity index (χ1v) is 7.65. The predicted octanol–water partition coefficient (Wildman–Crippen LogP) is 3.76. The van der Waals surface area contributed by atoms with Crippen LogP contribution >= 0.6 is 22.6 Å². The fraction of sp³-hybridized carbons (Fsp3) is 0.467. The summed E-state index contributed by atoms with van der Waals surface area (Å²) in [5, 5.41) is 8.95. The third-order valence-corrected chi connectivity index (χ3v) is 4.49. The van der Waals surface area contributed by atoms with E-state index in [1.807, 2.05) is 24.3 Å². The molecule has 0 atom stereocenters. The fourth-order valence-corrected chi connectivity index (χ4v) is 3.20. The lowest BCUT2D eigenvalue weighted by Gasteiger charge is -2.25. The summed E-state index contributed by atoms with van der Waals surface area (Å²) in [5.74, 6) is -0.371. The van der Waals surface area contributed by atoms with Gasteiger partial charge in [-0.15, -0.1) is 0 Å². The Morgan fingerprint density at radius 3 is 2.47 bits per heavy atom. The first kappa shape index (κ1) is 14.5. The molecule has 0 aliphatic heterocycles. The van der Waals surface area contributed by atoms with E-state index >= 15 is 0 Å². The number of benzene rings is 1. The van der Waals surface area contributed by atoms with Crippen molar-refractivity contribution in [3.63, 3.8) is 0 Å². The van der Waals surface area contributed by atoms with Crippen molar-refractivity contribution < 1.29 is 14.7 Å². The topological polar surface area (TPSA) is 54.4 Å². The summed E-state index contributed by atoms with van der Waals surface area (Å²) in [6.45, 7) is 0. The van der Waals surface area contributed by atoms with Crippen LogP contribution in [0.3, 0.4) is 0 Å². The Labute approximate surface area is 126 Å². The molecule has 0 saturated heterocycles. The zero-order valence-electron chi connectivity index (χ0n) is 10.6. The molecule has 4 heteroatoms. The van der Waals surface area contributed by atoms with Gasteiger partial charge in [-0.1, -0.05) is 12.1 Å². The molecular weight excluding hydrogens is 355 g/mol. The van der Waals surface area contributed by atoms with Crippen LogP contribution in [0.5, 0.6) is 0 Å². The van der Waals surface area contributed by atoms with E-state index in [1.54, 1.807) is 0 Å². The van der Waals surface area contributed by atoms with Crippen molar-refractivity contribution in [1.82, 2.24) is 0 Å². The van der Waals surface area contributed by atoms with Gasteiger partial charge in [0, 0.05) is 15.6 Å². The molecule has 0 unspecified atom stereocenters. The lowest BCUT2D eigenvalue weighted by molar-refractivity contribution is -0.143. The van der Waals surface area contributed by atoms with Gasteiger partial charge in [-0.2, -0.15) is 0 Å². The van der Waals surface area contributed by atoms with Gasteiger partial charge in [0.2, 0.25) is 0 Å². The normalized spacial score (nSPS) is 23.0. The second kappa shape index (κ2) is 6.50. The van der Waals surface area contributed by atoms with Crippen molar-refractivity contribution in [3.8, 4) is 0 Å². The Morgan fingerprint density at radius 2 is 1.89 bits per heavy atom. The van der Waals surface area contributed by atoms with Crippen LogP contribution in [0.2, 0.25) is 0 Å². The molecule has 1 aromatic rings. The standard InChI is InChI=1S/C15H17IO3/c16-13-3-1-2-12(9-13)14(17)8-10-4-6-11(7-5-10)15(18)19/h1-3,9-11H,4-8H2,(H,18,19). The number of carboxylic acid groups (broad SMARTS) is 1. The van der Waals surface area contributed by atoms with E-state index in [9.17, 15) is 9.59 Å². The smallest absolute Gasteiger partial charge is 0.306 e. The molecule has 0 radical (unpaired) electrons. The minimum absolute atomic E-state index is 0.178. The summed E-state index contributed by atoms with van der Waals surface area (Å²) < 4.78 is 1.07. The van der Waals surface area contributed by atoms with Crippen LogP contribution in [-0.4, -0.2) is 16.9 Å². The number of carboxylic acids is 1. The molecule has 0 aromatic heterocycles. The molecule has 0 amide bonds. The fourth-order valence-electron chi connectivity index (χ4n) is 2.66. The number of carbonyl (C=O) groups is 2. The maximum Gasteiger partial charge on any atom is 0.306 e. The minimum atomic E-state index is -0.692. The van der Waals surface area contributed by atoms with Gasteiger partial charge in [0.15, 0.2) is 5.78 Å². The second-order valence-corrected chi connectivity index (χ2v) is 6.44. The highest BCUT2D eigenvalue weighted by Crippen LogP contribution is 2.31. The van der Waals surface area contributed by atoms with Crippen LogP contribution in [0.1, 0.15) is 42.5 Å². The summed E-state index contributed by atoms with van der Waals surface area (Å²) in [7, 11) is 0. The third-order valence-electron chi connectivity index (χ3n) is 3.82. The SMILES string of the molecule is O=C(CC1CCC(C(=O)O)CC1)c1cccc(I)c1. The molecule has 0 heterocycles. The van der Waals surface area contributed by atoms with Gasteiger partial charge in [-0.3, -0.25) is 9.59 Å². The highest BCUT2D eigenvalue weighted by Gasteiger charge is 2.27. The highest BCUT2D eigenvalue weighted by molar-refractivity contribution is 14.1. The van der Waals surface area contributed by atoms with Crippen molar-refractivity contribution in [3.05, 3.63) is 33.4 Å². The molecule has 1 fully saturated rings. The van der Waals surface area contributed by atoms with Crippen molar-refractivity contribution in [2.45, 2.75) is 32.1 Å². The lowest BCUT2D eigenvalue weighted by atomic mass is 9.79. The first-order chi connectivity index (χ1) is 9.06. The maximum absolute atomic E-state index is 12.2. The van der Waals surface area contributed by atoms with Crippen LogP contribution in [0.4, 0.5) is 0 Å². The third kappa shape index (κ3) is 4.03. The van der Waals surface area contributed by atoms with Gasteiger partial charge in [0.05, 0.1) is 5.92 Å². The van der Waals surface area contributed by atoms with E-state index in [-0.39, 0.29) is 11.7 Å². The van der Waals surface area contributed by atoms with Crippen molar-refractivity contribution in [2.24, 2.45) is 11.8 Å². The molecule has 19 heavy (non-hydrogen) atoms. The number of Topliss-reactive ketones (excluding diaryl/α,β-unsaturated/α-hetero) is 1. The number of hydrogen-bond acceptors (Lipinski definition) is 2. The molecule has 1 aliphatic rings. The monoisotopic (exact) mass is 372 g/mol. The van der Waals surface area contributed by atoms with Crippen LogP contribution in [0.25, 0.3) is 0 Å². The average molecular weight is 372 g/mol. The van der Waals surface area contributed by atoms with Gasteiger partial charge < -0.3 is 5.11 Å². The average Bonchev–Trinajstić information content (AvgIpc) is 2.39. The number of ketones is 1. The lowest BCUT2D eigenvalue weighted by Crippen LogP contribution is -2.22. The number of aliphatic carboxylic acids is 1. The summed E-state index contributed by atoms with van der Waals surface area (Å²) in [6, 6.07) is 7.63. The van der Waals surface area contributed by atoms with Crippen molar-refractivity contribution >= 4 is 34.3 Å². The maximum atomic E-state index is 12.2. The van der Waals surface area contributed by atoms with E-state index in [0.717, 1.165) is 22.0 Å². The van der Waals surface area contributed by atoms with E-state index in [0.29, 0.717) is 25.2 Å². The molecule has 1 saturated carbocycles. The Hall–Kier alpha value is -0.910. The molecule has 0 spiro atoms. The highest BCUT2D eigenvalue weighted by atomic mass is 127. The second-order valence-electron chi connectivity index (χ2n) is 5.19. The van der Waals surface area contributed by atoms with Crippen molar-refractivity contribution in [2.75, 3.05) is 0 Å². The summed E-state index contributed by atoms with van der Waals surface area (Å²) in [4.78, 5) is 23.0. The molecule has 1 aliphatic carbocycles. The van der Waals surface area contributed by atoms with Crippen LogP contribution in [0, 0.1) is 15.4 Å². The zero-order valence-corrected chi connectivity index (χ0v) is 12.8. The molecule has 0 bridgehead atoms. The van der Waals surface area contributed by atoms with E-state index < -0.39 is 5.97 Å². The zero-order chi connectivity index (χ0) is 13.8. The predicted molar refractivity (Wildman–Crippen MR) is 81.2 cm³/mol. The molecular formula is C15H17IO3. The molecule has 1 aromatic carbocycles. The molecule has 2 rings (SSSR count). The van der Waals surface area contributed by atoms with Crippen LogP contribution in [-0.2, 0) is 4.79 Å². The molecule has 1 N–H and O–H groups in total. The van der Waals surface area contributed by atoms with Gasteiger partial charge in [-0.05, 0) is 66.3 Å². The first-order valence-electron chi connectivity index (χ1n) is 6.58. The Bertz CT molecular complexity index is 476. The van der Waals surface area contributed by atoms with E-state index in [4.69, 9.17) is 5.11 Å². The van der Waals surface area contributed by atoms with Gasteiger partial charge >= 0.3 is 5.97 Å². The van der Waals surface area contributed by atoms with Gasteiger partial charge in [0.25, 0.3) is 0 Å². The Morgan fingerprint density at radius 1 is 1.21 bits per heavy atom. The summed E-state index contributed by atoms with van der Waals surface area (Å²) in [5.41, 5.74) is 0.771. The molecule has 102 valence electrons. The number of hydrogen-bond donors (Lipinski definition) is 1. The van der Waals surface area contributed by atoms with E-state index in [1.165, 1.54) is 0 Å². The largest absolute Gasteiger partial charge is 0.481 e. The van der Waals surface area contributed by atoms with Crippen molar-refractivity contribution in [1.29, 1.82) is 0 Å². The summed E-state index contributed by atoms with van der Waals surface area (Å²) >= 11 is 2.20. The van der Waals surface area contributed by atoms with Gasteiger partial charge in [0.1, 0.15) is 0 Å². The molecule has 3 nitrogen and oxygen atoms in total.